The average molecular weight is 163 g/mol. The third-order valence-corrected chi connectivity index (χ3v) is 1.65. The Balaban J connectivity index is 3.13. The van der Waals surface area contributed by atoms with E-state index in [4.69, 9.17) is 15.5 Å². The van der Waals surface area contributed by atoms with Gasteiger partial charge in [-0.3, -0.25) is 0 Å². The predicted molar refractivity (Wildman–Crippen MR) is 43.0 cm³/mol. The van der Waals surface area contributed by atoms with E-state index in [2.05, 4.69) is 0 Å². The summed E-state index contributed by atoms with van der Waals surface area (Å²) in [5, 5.41) is 26.2. The average Bonchev–Trinajstić information content (AvgIpc) is 2.16. The molecule has 0 fully saturated rings. The van der Waals surface area contributed by atoms with Crippen molar-refractivity contribution >= 4 is 0 Å². The fraction of sp³-hybridized carbons (Fsp3) is 0.222. The van der Waals surface area contributed by atoms with Crippen LogP contribution >= 0.6 is 0 Å². The van der Waals surface area contributed by atoms with Gasteiger partial charge >= 0.3 is 0 Å². The number of rotatable bonds is 2. The number of hydrogen-bond acceptors (Lipinski definition) is 3. The molecule has 1 aromatic carbocycles. The molecule has 1 aromatic rings. The first-order valence-electron chi connectivity index (χ1n) is 3.55. The first-order chi connectivity index (χ1) is 5.81. The fourth-order valence-corrected chi connectivity index (χ4v) is 0.964. The first kappa shape index (κ1) is 8.72. The zero-order valence-electron chi connectivity index (χ0n) is 6.49. The maximum atomic E-state index is 8.80. The monoisotopic (exact) mass is 163 g/mol. The second kappa shape index (κ2) is 3.86. The molecule has 3 heteroatoms. The summed E-state index contributed by atoms with van der Waals surface area (Å²) in [4.78, 5) is 0. The molecule has 0 heterocycles. The Kier molecular flexibility index (Phi) is 2.81. The van der Waals surface area contributed by atoms with Gasteiger partial charge in [-0.1, -0.05) is 12.1 Å². The van der Waals surface area contributed by atoms with Crippen LogP contribution in [0.3, 0.4) is 0 Å². The highest BCUT2D eigenvalue weighted by Crippen LogP contribution is 2.10. The molecule has 0 atom stereocenters. The minimum Gasteiger partial charge on any atom is -0.392 e. The van der Waals surface area contributed by atoms with Crippen LogP contribution in [0, 0.1) is 11.3 Å². The van der Waals surface area contributed by atoms with E-state index in [1.165, 1.54) is 0 Å². The lowest BCUT2D eigenvalue weighted by Gasteiger charge is -2.01. The summed E-state index contributed by atoms with van der Waals surface area (Å²) in [6, 6.07) is 6.85. The second-order valence-corrected chi connectivity index (χ2v) is 2.42. The lowest BCUT2D eigenvalue weighted by Crippen LogP contribution is -1.92. The van der Waals surface area contributed by atoms with Gasteiger partial charge in [0.15, 0.2) is 0 Å². The van der Waals surface area contributed by atoms with E-state index in [1.807, 2.05) is 6.07 Å². The molecule has 0 saturated carbocycles. The van der Waals surface area contributed by atoms with Gasteiger partial charge in [-0.05, 0) is 17.2 Å². The normalized spacial score (nSPS) is 9.42. The summed E-state index contributed by atoms with van der Waals surface area (Å²) in [7, 11) is 0. The first-order valence-corrected chi connectivity index (χ1v) is 3.55. The molecular weight excluding hydrogens is 154 g/mol. The highest BCUT2D eigenvalue weighted by Gasteiger charge is 2.00. The van der Waals surface area contributed by atoms with Crippen molar-refractivity contribution in [2.75, 3.05) is 0 Å². The largest absolute Gasteiger partial charge is 0.392 e. The van der Waals surface area contributed by atoms with Gasteiger partial charge in [-0.2, -0.15) is 5.26 Å². The summed E-state index contributed by atoms with van der Waals surface area (Å²) < 4.78 is 0. The van der Waals surface area contributed by atoms with Gasteiger partial charge in [0, 0.05) is 0 Å². The van der Waals surface area contributed by atoms with Crippen molar-refractivity contribution in [3.63, 3.8) is 0 Å². The molecule has 0 radical (unpaired) electrons. The molecular formula is C9H9NO2. The van der Waals surface area contributed by atoms with Crippen molar-refractivity contribution in [3.8, 4) is 6.07 Å². The van der Waals surface area contributed by atoms with Gasteiger partial charge < -0.3 is 10.2 Å². The van der Waals surface area contributed by atoms with Crippen molar-refractivity contribution in [2.24, 2.45) is 0 Å². The Bertz CT molecular complexity index is 315. The number of aliphatic hydroxyl groups is 2. The van der Waals surface area contributed by atoms with Crippen LogP contribution in [-0.4, -0.2) is 10.2 Å². The second-order valence-electron chi connectivity index (χ2n) is 2.42. The van der Waals surface area contributed by atoms with Crippen LogP contribution in [0.5, 0.6) is 0 Å². The SMILES string of the molecule is N#Cc1cc(CO)ccc1CO. The molecule has 0 saturated heterocycles. The highest BCUT2D eigenvalue weighted by atomic mass is 16.3. The molecule has 2 N–H and O–H groups in total. The Labute approximate surface area is 70.5 Å². The molecule has 0 unspecified atom stereocenters. The van der Waals surface area contributed by atoms with Crippen LogP contribution in [0.15, 0.2) is 18.2 Å². The minimum atomic E-state index is -0.144. The van der Waals surface area contributed by atoms with E-state index < -0.39 is 0 Å². The lowest BCUT2D eigenvalue weighted by atomic mass is 10.1. The zero-order chi connectivity index (χ0) is 8.97. The molecule has 12 heavy (non-hydrogen) atoms. The van der Waals surface area contributed by atoms with Crippen LogP contribution in [0.2, 0.25) is 0 Å². The van der Waals surface area contributed by atoms with E-state index >= 15 is 0 Å². The lowest BCUT2D eigenvalue weighted by molar-refractivity contribution is 0.278. The minimum absolute atomic E-state index is 0.0829. The van der Waals surface area contributed by atoms with E-state index in [0.29, 0.717) is 16.7 Å². The summed E-state index contributed by atoms with van der Waals surface area (Å²) in [6.45, 7) is -0.227. The summed E-state index contributed by atoms with van der Waals surface area (Å²) in [5.41, 5.74) is 1.70. The molecule has 0 spiro atoms. The van der Waals surface area contributed by atoms with Gasteiger partial charge in [0.05, 0.1) is 24.8 Å². The summed E-state index contributed by atoms with van der Waals surface area (Å²) in [6.07, 6.45) is 0. The van der Waals surface area contributed by atoms with E-state index in [9.17, 15) is 0 Å². The molecule has 0 aliphatic carbocycles. The number of benzene rings is 1. The topological polar surface area (TPSA) is 64.2 Å². The number of aliphatic hydroxyl groups excluding tert-OH is 2. The summed E-state index contributed by atoms with van der Waals surface area (Å²) in [5.74, 6) is 0. The van der Waals surface area contributed by atoms with Crippen molar-refractivity contribution in [1.82, 2.24) is 0 Å². The van der Waals surface area contributed by atoms with Gasteiger partial charge in [-0.15, -0.1) is 0 Å². The third kappa shape index (κ3) is 1.62. The van der Waals surface area contributed by atoms with Crippen LogP contribution in [-0.2, 0) is 13.2 Å². The molecule has 0 aromatic heterocycles. The summed E-state index contributed by atoms with van der Waals surface area (Å²) >= 11 is 0. The molecule has 1 rings (SSSR count). The zero-order valence-corrected chi connectivity index (χ0v) is 6.49. The van der Waals surface area contributed by atoms with Gasteiger partial charge in [0.2, 0.25) is 0 Å². The smallest absolute Gasteiger partial charge is 0.0995 e. The van der Waals surface area contributed by atoms with E-state index in [-0.39, 0.29) is 13.2 Å². The Morgan fingerprint density at radius 1 is 1.25 bits per heavy atom. The third-order valence-electron chi connectivity index (χ3n) is 1.65. The quantitative estimate of drug-likeness (QED) is 0.668. The van der Waals surface area contributed by atoms with Gasteiger partial charge in [0.1, 0.15) is 0 Å². The molecule has 0 aliphatic heterocycles. The van der Waals surface area contributed by atoms with Crippen molar-refractivity contribution in [3.05, 3.63) is 34.9 Å². The molecule has 0 aliphatic rings. The van der Waals surface area contributed by atoms with E-state index in [0.717, 1.165) is 0 Å². The van der Waals surface area contributed by atoms with E-state index in [1.54, 1.807) is 18.2 Å². The van der Waals surface area contributed by atoms with Crippen LogP contribution < -0.4 is 0 Å². The van der Waals surface area contributed by atoms with Crippen molar-refractivity contribution in [1.29, 1.82) is 5.26 Å². The Hall–Kier alpha value is -1.37. The standard InChI is InChI=1S/C9H9NO2/c10-4-9-3-7(5-11)1-2-8(9)6-12/h1-3,11-12H,5-6H2. The molecule has 62 valence electrons. The van der Waals surface area contributed by atoms with Crippen LogP contribution in [0.25, 0.3) is 0 Å². The number of nitrogens with zero attached hydrogens (tertiary/aromatic N) is 1. The van der Waals surface area contributed by atoms with Crippen LogP contribution in [0.4, 0.5) is 0 Å². The molecule has 0 bridgehead atoms. The van der Waals surface area contributed by atoms with Crippen molar-refractivity contribution < 1.29 is 10.2 Å². The van der Waals surface area contributed by atoms with Gasteiger partial charge in [0.25, 0.3) is 0 Å². The fourth-order valence-electron chi connectivity index (χ4n) is 0.964. The van der Waals surface area contributed by atoms with Crippen molar-refractivity contribution in [2.45, 2.75) is 13.2 Å². The molecule has 3 nitrogen and oxygen atoms in total. The highest BCUT2D eigenvalue weighted by molar-refractivity contribution is 5.40. The predicted octanol–water partition coefficient (Wildman–Crippen LogP) is 0.543. The number of hydrogen-bond donors (Lipinski definition) is 2. The Morgan fingerprint density at radius 2 is 2.00 bits per heavy atom. The van der Waals surface area contributed by atoms with Gasteiger partial charge in [-0.25, -0.2) is 0 Å². The Morgan fingerprint density at radius 3 is 2.50 bits per heavy atom. The van der Waals surface area contributed by atoms with Crippen LogP contribution in [0.1, 0.15) is 16.7 Å². The maximum absolute atomic E-state index is 8.80. The molecule has 0 amide bonds. The maximum Gasteiger partial charge on any atom is 0.0995 e. The number of nitriles is 1.